The molecule has 174 valence electrons. The number of aromatic nitrogens is 2. The largest absolute Gasteiger partial charge is 0.326 e. The zero-order valence-electron chi connectivity index (χ0n) is 19.0. The number of sulfonamides is 1. The van der Waals surface area contributed by atoms with Gasteiger partial charge >= 0.3 is 0 Å². The molecule has 4 rings (SSSR count). The minimum atomic E-state index is -3.88. The second-order valence-corrected chi connectivity index (χ2v) is 9.82. The van der Waals surface area contributed by atoms with E-state index < -0.39 is 10.0 Å². The number of fused-ring (bicyclic) bond motifs is 1. The maximum atomic E-state index is 13.1. The topological polar surface area (TPSA) is 121 Å². The van der Waals surface area contributed by atoms with Gasteiger partial charge in [0.15, 0.2) is 0 Å². The number of aryl methyl sites for hydroxylation is 3. The predicted molar refractivity (Wildman–Crippen MR) is 133 cm³/mol. The minimum absolute atomic E-state index is 0.0675. The van der Waals surface area contributed by atoms with Crippen molar-refractivity contribution < 1.29 is 13.2 Å². The van der Waals surface area contributed by atoms with Gasteiger partial charge in [0.2, 0.25) is 5.91 Å². The van der Waals surface area contributed by atoms with Crippen molar-refractivity contribution >= 4 is 38.1 Å². The molecule has 3 aromatic carbocycles. The number of hydrogen-bond acceptors (Lipinski definition) is 5. The maximum Gasteiger partial charge on any atom is 0.272 e. The summed E-state index contributed by atoms with van der Waals surface area (Å²) < 4.78 is 28.8. The first-order valence-corrected chi connectivity index (χ1v) is 12.1. The summed E-state index contributed by atoms with van der Waals surface area (Å²) in [6.45, 7) is 5.47. The molecule has 4 aromatic rings. The molecule has 0 aliphatic heterocycles. The molecule has 1 aromatic heterocycles. The number of carbonyl (C=O) groups excluding carboxylic acids is 1. The van der Waals surface area contributed by atoms with Crippen molar-refractivity contribution in [1.82, 2.24) is 10.2 Å². The fourth-order valence-corrected chi connectivity index (χ4v) is 5.16. The molecular formula is C25H24N4O4S. The van der Waals surface area contributed by atoms with Crippen LogP contribution in [0, 0.1) is 20.8 Å². The van der Waals surface area contributed by atoms with Gasteiger partial charge in [-0.15, -0.1) is 0 Å². The van der Waals surface area contributed by atoms with E-state index in [2.05, 4.69) is 20.2 Å². The molecular weight excluding hydrogens is 452 g/mol. The predicted octanol–water partition coefficient (Wildman–Crippen LogP) is 3.83. The van der Waals surface area contributed by atoms with E-state index in [1.807, 2.05) is 26.0 Å². The molecule has 0 fully saturated rings. The number of benzene rings is 3. The third kappa shape index (κ3) is 4.84. The average molecular weight is 477 g/mol. The molecule has 0 saturated carbocycles. The van der Waals surface area contributed by atoms with E-state index in [0.29, 0.717) is 33.4 Å². The Labute approximate surface area is 197 Å². The Kier molecular flexibility index (Phi) is 6.21. The van der Waals surface area contributed by atoms with Crippen LogP contribution in [0.15, 0.2) is 70.4 Å². The molecule has 1 heterocycles. The highest BCUT2D eigenvalue weighted by molar-refractivity contribution is 7.92. The molecule has 0 unspecified atom stereocenters. The van der Waals surface area contributed by atoms with E-state index in [1.165, 1.54) is 6.07 Å². The van der Waals surface area contributed by atoms with Gasteiger partial charge < -0.3 is 5.32 Å². The van der Waals surface area contributed by atoms with Crippen LogP contribution >= 0.6 is 0 Å². The van der Waals surface area contributed by atoms with E-state index in [-0.39, 0.29) is 22.8 Å². The lowest BCUT2D eigenvalue weighted by Gasteiger charge is -2.14. The Bertz CT molecular complexity index is 1580. The maximum absolute atomic E-state index is 13.1. The van der Waals surface area contributed by atoms with Crippen molar-refractivity contribution in [2.24, 2.45) is 0 Å². The SMILES string of the molecule is Cc1ccc(NS(=O)(=O)c2cc(NC(=O)Cc3n[nH]c(=O)c4ccccc34)ccc2C)c(C)c1. The molecule has 0 aliphatic carbocycles. The Morgan fingerprint density at radius 3 is 2.41 bits per heavy atom. The first-order chi connectivity index (χ1) is 16.1. The molecule has 3 N–H and O–H groups in total. The van der Waals surface area contributed by atoms with Gasteiger partial charge in [-0.05, 0) is 56.2 Å². The van der Waals surface area contributed by atoms with Crippen LogP contribution < -0.4 is 15.6 Å². The highest BCUT2D eigenvalue weighted by Crippen LogP contribution is 2.25. The number of anilines is 2. The number of carbonyl (C=O) groups is 1. The lowest BCUT2D eigenvalue weighted by atomic mass is 10.1. The highest BCUT2D eigenvalue weighted by atomic mass is 32.2. The standard InChI is InChI=1S/C25H24N4O4S/c1-15-8-11-21(17(3)12-15)29-34(32,33)23-13-18(10-9-16(23)2)26-24(30)14-22-19-6-4-5-7-20(19)25(31)28-27-22/h4-13,29H,14H2,1-3H3,(H,26,30)(H,28,31). The van der Waals surface area contributed by atoms with Gasteiger partial charge in [0.05, 0.1) is 28.1 Å². The molecule has 1 amide bonds. The fourth-order valence-electron chi connectivity index (χ4n) is 3.76. The summed E-state index contributed by atoms with van der Waals surface area (Å²) in [6.07, 6.45) is -0.0892. The van der Waals surface area contributed by atoms with E-state index in [0.717, 1.165) is 11.1 Å². The number of hydrogen-bond donors (Lipinski definition) is 3. The first kappa shape index (κ1) is 23.2. The smallest absolute Gasteiger partial charge is 0.272 e. The van der Waals surface area contributed by atoms with Crippen LogP contribution in [0.4, 0.5) is 11.4 Å². The van der Waals surface area contributed by atoms with Crippen LogP contribution in [0.5, 0.6) is 0 Å². The highest BCUT2D eigenvalue weighted by Gasteiger charge is 2.19. The second kappa shape index (κ2) is 9.11. The number of nitrogens with zero attached hydrogens (tertiary/aromatic N) is 1. The monoisotopic (exact) mass is 476 g/mol. The fraction of sp³-hybridized carbons (Fsp3) is 0.160. The molecule has 9 heteroatoms. The third-order valence-electron chi connectivity index (χ3n) is 5.49. The van der Waals surface area contributed by atoms with Crippen molar-refractivity contribution in [3.05, 3.63) is 93.4 Å². The Morgan fingerprint density at radius 1 is 0.941 bits per heavy atom. The quantitative estimate of drug-likeness (QED) is 0.391. The Hall–Kier alpha value is -3.98. The van der Waals surface area contributed by atoms with Crippen molar-refractivity contribution in [2.45, 2.75) is 32.1 Å². The van der Waals surface area contributed by atoms with Crippen LogP contribution in [0.2, 0.25) is 0 Å². The Balaban J connectivity index is 1.57. The molecule has 0 spiro atoms. The molecule has 0 aliphatic rings. The summed E-state index contributed by atoms with van der Waals surface area (Å²) in [4.78, 5) is 24.7. The number of H-pyrrole nitrogens is 1. The average Bonchev–Trinajstić information content (AvgIpc) is 2.79. The van der Waals surface area contributed by atoms with Crippen molar-refractivity contribution in [3.8, 4) is 0 Å². The summed E-state index contributed by atoms with van der Waals surface area (Å²) in [7, 11) is -3.88. The normalized spacial score (nSPS) is 11.4. The van der Waals surface area contributed by atoms with Gasteiger partial charge in [-0.3, -0.25) is 14.3 Å². The van der Waals surface area contributed by atoms with Gasteiger partial charge in [-0.25, -0.2) is 13.5 Å². The second-order valence-electron chi connectivity index (χ2n) is 8.17. The van der Waals surface area contributed by atoms with Crippen molar-refractivity contribution in [3.63, 3.8) is 0 Å². The summed E-state index contributed by atoms with van der Waals surface area (Å²) in [6, 6.07) is 17.1. The Morgan fingerprint density at radius 2 is 1.68 bits per heavy atom. The van der Waals surface area contributed by atoms with Gasteiger partial charge in [-0.1, -0.05) is 42.0 Å². The zero-order chi connectivity index (χ0) is 24.5. The van der Waals surface area contributed by atoms with Crippen LogP contribution in [-0.4, -0.2) is 24.5 Å². The summed E-state index contributed by atoms with van der Waals surface area (Å²) in [5.74, 6) is -0.390. The summed E-state index contributed by atoms with van der Waals surface area (Å²) in [5, 5.41) is 10.2. The summed E-state index contributed by atoms with van der Waals surface area (Å²) in [5.41, 5.74) is 3.32. The van der Waals surface area contributed by atoms with E-state index in [4.69, 9.17) is 0 Å². The molecule has 0 saturated heterocycles. The zero-order valence-corrected chi connectivity index (χ0v) is 19.8. The minimum Gasteiger partial charge on any atom is -0.326 e. The van der Waals surface area contributed by atoms with Crippen LogP contribution in [0.3, 0.4) is 0 Å². The van der Waals surface area contributed by atoms with Crippen molar-refractivity contribution in [1.29, 1.82) is 0 Å². The molecule has 8 nitrogen and oxygen atoms in total. The summed E-state index contributed by atoms with van der Waals surface area (Å²) >= 11 is 0. The van der Waals surface area contributed by atoms with Gasteiger partial charge in [0.25, 0.3) is 15.6 Å². The molecule has 0 bridgehead atoms. The number of rotatable bonds is 6. The molecule has 0 radical (unpaired) electrons. The molecule has 0 atom stereocenters. The van der Waals surface area contributed by atoms with E-state index in [1.54, 1.807) is 49.4 Å². The van der Waals surface area contributed by atoms with Crippen LogP contribution in [0.1, 0.15) is 22.4 Å². The third-order valence-corrected chi connectivity index (χ3v) is 7.00. The molecule has 34 heavy (non-hydrogen) atoms. The number of aromatic amines is 1. The van der Waals surface area contributed by atoms with Crippen LogP contribution in [0.25, 0.3) is 10.8 Å². The van der Waals surface area contributed by atoms with Gasteiger partial charge in [0, 0.05) is 11.1 Å². The van der Waals surface area contributed by atoms with Crippen molar-refractivity contribution in [2.75, 3.05) is 10.0 Å². The number of amides is 1. The van der Waals surface area contributed by atoms with E-state index in [9.17, 15) is 18.0 Å². The first-order valence-electron chi connectivity index (χ1n) is 10.6. The van der Waals surface area contributed by atoms with Crippen LogP contribution in [-0.2, 0) is 21.2 Å². The van der Waals surface area contributed by atoms with Gasteiger partial charge in [-0.2, -0.15) is 5.10 Å². The lowest BCUT2D eigenvalue weighted by Crippen LogP contribution is -2.19. The lowest BCUT2D eigenvalue weighted by molar-refractivity contribution is -0.115. The van der Waals surface area contributed by atoms with E-state index >= 15 is 0 Å². The number of nitrogens with one attached hydrogen (secondary N) is 3. The van der Waals surface area contributed by atoms with Gasteiger partial charge in [0.1, 0.15) is 0 Å².